The predicted octanol–water partition coefficient (Wildman–Crippen LogP) is 2.88. The van der Waals surface area contributed by atoms with Gasteiger partial charge in [-0.15, -0.1) is 0 Å². The molecule has 1 saturated heterocycles. The second kappa shape index (κ2) is 10.7. The molecule has 0 unspecified atom stereocenters. The monoisotopic (exact) mass is 462 g/mol. The molecule has 0 spiro atoms. The molecule has 4 heterocycles. The van der Waals surface area contributed by atoms with Crippen LogP contribution in [-0.2, 0) is 9.53 Å². The van der Waals surface area contributed by atoms with Crippen LogP contribution >= 0.6 is 0 Å². The number of fused-ring (bicyclic) bond motifs is 1. The van der Waals surface area contributed by atoms with Crippen LogP contribution in [0.4, 0.5) is 0 Å². The summed E-state index contributed by atoms with van der Waals surface area (Å²) in [6, 6.07) is 10.6. The van der Waals surface area contributed by atoms with Crippen LogP contribution in [0.15, 0.2) is 42.7 Å². The number of aromatic amines is 1. The third-order valence-corrected chi connectivity index (χ3v) is 5.33. The number of hydrogen-bond donors (Lipinski definition) is 1. The number of hydrogen-bond acceptors (Lipinski definition) is 8. The normalized spacial score (nSPS) is 13.2. The number of carbonyl (C=O) groups is 1. The van der Waals surface area contributed by atoms with Gasteiger partial charge in [0.25, 0.3) is 0 Å². The van der Waals surface area contributed by atoms with Gasteiger partial charge in [0.05, 0.1) is 38.7 Å². The van der Waals surface area contributed by atoms with Crippen molar-refractivity contribution in [3.63, 3.8) is 0 Å². The Bertz CT molecular complexity index is 1270. The van der Waals surface area contributed by atoms with Crippen LogP contribution in [0.2, 0.25) is 0 Å². The average molecular weight is 463 g/mol. The topological polar surface area (TPSA) is 115 Å². The summed E-state index contributed by atoms with van der Waals surface area (Å²) in [6.07, 6.45) is 4.34. The molecular weight excluding hydrogens is 436 g/mol. The number of aryl methyl sites for hydroxylation is 1. The lowest BCUT2D eigenvalue weighted by Gasteiger charge is -2.21. The van der Waals surface area contributed by atoms with Crippen LogP contribution in [0.3, 0.4) is 0 Å². The lowest BCUT2D eigenvalue weighted by atomic mass is 10.0. The van der Waals surface area contributed by atoms with Gasteiger partial charge in [-0.3, -0.25) is 9.89 Å². The Balaban J connectivity index is 0.000000291. The summed E-state index contributed by atoms with van der Waals surface area (Å²) >= 11 is 0. The Morgan fingerprint density at radius 1 is 1.06 bits per heavy atom. The van der Waals surface area contributed by atoms with Crippen molar-refractivity contribution in [2.45, 2.75) is 6.92 Å². The van der Waals surface area contributed by atoms with E-state index in [0.29, 0.717) is 30.3 Å². The van der Waals surface area contributed by atoms with E-state index in [4.69, 9.17) is 14.2 Å². The minimum atomic E-state index is 0.244. The first-order chi connectivity index (χ1) is 16.6. The van der Waals surface area contributed by atoms with Gasteiger partial charge in [-0.2, -0.15) is 10.1 Å². The number of methoxy groups -OCH3 is 2. The van der Waals surface area contributed by atoms with Crippen molar-refractivity contribution >= 4 is 17.4 Å². The van der Waals surface area contributed by atoms with Crippen LogP contribution < -0.4 is 9.47 Å². The third-order valence-electron chi connectivity index (χ3n) is 5.33. The summed E-state index contributed by atoms with van der Waals surface area (Å²) in [5.74, 6) is 0.406. The fourth-order valence-electron chi connectivity index (χ4n) is 3.55. The first kappa shape index (κ1) is 23.1. The molecule has 1 aliphatic rings. The maximum Gasteiger partial charge on any atom is 0.319 e. The molecule has 10 heteroatoms. The molecule has 1 N–H and O–H groups in total. The highest BCUT2D eigenvalue weighted by atomic mass is 16.5. The fourth-order valence-corrected chi connectivity index (χ4v) is 3.55. The van der Waals surface area contributed by atoms with Crippen molar-refractivity contribution in [1.82, 2.24) is 30.0 Å². The molecule has 1 aromatic carbocycles. The van der Waals surface area contributed by atoms with Crippen molar-refractivity contribution in [1.29, 1.82) is 0 Å². The number of ether oxygens (including phenoxy) is 3. The van der Waals surface area contributed by atoms with Gasteiger partial charge in [-0.1, -0.05) is 29.8 Å². The SMILES string of the molecule is COc1ncc(-c2[nH]nc3ncc(-c4cccc(C)c4)cc23)c(OC)n1.O=CN1CCOCC1. The average Bonchev–Trinajstić information content (AvgIpc) is 3.32. The summed E-state index contributed by atoms with van der Waals surface area (Å²) in [7, 11) is 3.07. The maximum absolute atomic E-state index is 10.0. The highest BCUT2D eigenvalue weighted by Gasteiger charge is 2.17. The molecule has 34 heavy (non-hydrogen) atoms. The Morgan fingerprint density at radius 3 is 2.56 bits per heavy atom. The minimum absolute atomic E-state index is 0.244. The number of morpholine rings is 1. The number of rotatable bonds is 5. The molecule has 1 aliphatic heterocycles. The highest BCUT2D eigenvalue weighted by molar-refractivity contribution is 5.94. The van der Waals surface area contributed by atoms with E-state index in [9.17, 15) is 4.79 Å². The van der Waals surface area contributed by atoms with Gasteiger partial charge < -0.3 is 19.1 Å². The molecule has 0 bridgehead atoms. The van der Waals surface area contributed by atoms with E-state index in [1.165, 1.54) is 12.7 Å². The van der Waals surface area contributed by atoms with Gasteiger partial charge in [0, 0.05) is 36.4 Å². The van der Waals surface area contributed by atoms with Crippen molar-refractivity contribution in [2.75, 3.05) is 40.5 Å². The number of pyridine rings is 1. The largest absolute Gasteiger partial charge is 0.480 e. The number of amides is 1. The first-order valence-corrected chi connectivity index (χ1v) is 10.8. The Labute approximate surface area is 196 Å². The van der Waals surface area contributed by atoms with E-state index in [-0.39, 0.29) is 6.01 Å². The van der Waals surface area contributed by atoms with E-state index in [2.05, 4.69) is 56.3 Å². The van der Waals surface area contributed by atoms with Gasteiger partial charge in [0.2, 0.25) is 12.3 Å². The zero-order valence-electron chi connectivity index (χ0n) is 19.3. The quantitative estimate of drug-likeness (QED) is 0.450. The number of H-pyrrole nitrogens is 1. The lowest BCUT2D eigenvalue weighted by Crippen LogP contribution is -2.34. The number of carbonyl (C=O) groups excluding carboxylic acids is 1. The van der Waals surface area contributed by atoms with Crippen molar-refractivity contribution in [3.8, 4) is 34.3 Å². The highest BCUT2D eigenvalue weighted by Crippen LogP contribution is 2.33. The molecular formula is C24H26N6O4. The molecule has 0 aliphatic carbocycles. The third kappa shape index (κ3) is 5.12. The van der Waals surface area contributed by atoms with Crippen LogP contribution in [0.1, 0.15) is 5.56 Å². The fraction of sp³-hybridized carbons (Fsp3) is 0.292. The van der Waals surface area contributed by atoms with E-state index < -0.39 is 0 Å². The molecule has 176 valence electrons. The number of nitrogens with zero attached hydrogens (tertiary/aromatic N) is 5. The molecule has 1 fully saturated rings. The summed E-state index contributed by atoms with van der Waals surface area (Å²) in [6.45, 7) is 4.96. The molecule has 1 amide bonds. The van der Waals surface area contributed by atoms with Crippen LogP contribution in [0.25, 0.3) is 33.4 Å². The molecule has 0 saturated carbocycles. The van der Waals surface area contributed by atoms with E-state index >= 15 is 0 Å². The lowest BCUT2D eigenvalue weighted by molar-refractivity contribution is -0.121. The Kier molecular flexibility index (Phi) is 7.28. The van der Waals surface area contributed by atoms with Crippen LogP contribution in [-0.4, -0.2) is 77.0 Å². The Hall–Kier alpha value is -4.05. The van der Waals surface area contributed by atoms with Gasteiger partial charge in [-0.05, 0) is 18.6 Å². The van der Waals surface area contributed by atoms with Crippen LogP contribution in [0.5, 0.6) is 11.9 Å². The van der Waals surface area contributed by atoms with Crippen molar-refractivity contribution in [2.24, 2.45) is 0 Å². The standard InChI is InChI=1S/C19H17N5O2.C5H9NO2/c1-11-5-4-6-12(7-11)13-8-14-16(23-24-17(14)20-9-13)15-10-21-19(26-3)22-18(15)25-2;7-5-6-1-3-8-4-2-6/h4-10H,1-3H3,(H,20,23,24);5H,1-4H2. The zero-order chi connectivity index (χ0) is 23.9. The van der Waals surface area contributed by atoms with Crippen LogP contribution in [0, 0.1) is 6.92 Å². The molecule has 0 radical (unpaired) electrons. The Morgan fingerprint density at radius 2 is 1.88 bits per heavy atom. The predicted molar refractivity (Wildman–Crippen MR) is 127 cm³/mol. The molecule has 0 atom stereocenters. The van der Waals surface area contributed by atoms with Gasteiger partial charge >= 0.3 is 6.01 Å². The number of benzene rings is 1. The second-order valence-corrected chi connectivity index (χ2v) is 7.60. The zero-order valence-corrected chi connectivity index (χ0v) is 19.3. The number of nitrogens with one attached hydrogen (secondary N) is 1. The van der Waals surface area contributed by atoms with E-state index in [1.54, 1.807) is 18.2 Å². The summed E-state index contributed by atoms with van der Waals surface area (Å²) in [4.78, 5) is 24.6. The van der Waals surface area contributed by atoms with E-state index in [0.717, 1.165) is 41.7 Å². The first-order valence-electron chi connectivity index (χ1n) is 10.8. The van der Waals surface area contributed by atoms with Gasteiger partial charge in [0.1, 0.15) is 0 Å². The summed E-state index contributed by atoms with van der Waals surface area (Å²) in [5, 5.41) is 8.18. The second-order valence-electron chi connectivity index (χ2n) is 7.60. The van der Waals surface area contributed by atoms with Gasteiger partial charge in [0.15, 0.2) is 5.65 Å². The van der Waals surface area contributed by atoms with Gasteiger partial charge in [-0.25, -0.2) is 9.97 Å². The molecule has 4 aromatic rings. The molecule has 5 rings (SSSR count). The maximum atomic E-state index is 10.0. The van der Waals surface area contributed by atoms with E-state index in [1.807, 2.05) is 12.3 Å². The van der Waals surface area contributed by atoms with Crippen molar-refractivity contribution in [3.05, 3.63) is 48.3 Å². The molecule has 10 nitrogen and oxygen atoms in total. The molecule has 3 aromatic heterocycles. The smallest absolute Gasteiger partial charge is 0.319 e. The summed E-state index contributed by atoms with van der Waals surface area (Å²) < 4.78 is 15.5. The summed E-state index contributed by atoms with van der Waals surface area (Å²) in [5.41, 5.74) is 5.37. The van der Waals surface area contributed by atoms with Crippen molar-refractivity contribution < 1.29 is 19.0 Å². The number of aromatic nitrogens is 5. The minimum Gasteiger partial charge on any atom is -0.480 e.